The molecule has 2 heteroatoms. The van der Waals surface area contributed by atoms with Gasteiger partial charge in [0.15, 0.2) is 5.78 Å². The van der Waals surface area contributed by atoms with E-state index in [1.807, 2.05) is 0 Å². The van der Waals surface area contributed by atoms with Crippen molar-refractivity contribution in [2.24, 2.45) is 17.6 Å². The van der Waals surface area contributed by atoms with Gasteiger partial charge in [-0.2, -0.15) is 0 Å². The first kappa shape index (κ1) is 12.7. The fraction of sp³-hybridized carbons (Fsp3) is 0.923. The molecule has 0 aromatic rings. The van der Waals surface area contributed by atoms with Crippen LogP contribution in [0, 0.1) is 11.8 Å². The molecule has 1 aliphatic rings. The predicted octanol–water partition coefficient (Wildman–Crippen LogP) is 2.90. The molecule has 15 heavy (non-hydrogen) atoms. The van der Waals surface area contributed by atoms with Gasteiger partial charge in [-0.3, -0.25) is 4.79 Å². The lowest BCUT2D eigenvalue weighted by molar-refractivity contribution is -0.130. The summed E-state index contributed by atoms with van der Waals surface area (Å²) in [5.41, 5.74) is 5.79. The highest BCUT2D eigenvalue weighted by atomic mass is 16.1. The van der Waals surface area contributed by atoms with E-state index in [4.69, 9.17) is 5.73 Å². The summed E-state index contributed by atoms with van der Waals surface area (Å²) in [7, 11) is 0. The average molecular weight is 211 g/mol. The highest BCUT2D eigenvalue weighted by molar-refractivity contribution is 5.90. The normalized spacial score (nSPS) is 31.9. The topological polar surface area (TPSA) is 43.1 Å². The summed E-state index contributed by atoms with van der Waals surface area (Å²) in [6.45, 7) is 6.38. The third kappa shape index (κ3) is 2.81. The van der Waals surface area contributed by atoms with Crippen LogP contribution in [-0.4, -0.2) is 11.3 Å². The SMILES string of the molecule is CCC(CC)C(=O)C1(N)CCCC(C)C1. The van der Waals surface area contributed by atoms with Gasteiger partial charge >= 0.3 is 0 Å². The number of hydrogen-bond acceptors (Lipinski definition) is 2. The van der Waals surface area contributed by atoms with Crippen molar-refractivity contribution in [3.05, 3.63) is 0 Å². The molecule has 0 aromatic carbocycles. The molecule has 1 saturated carbocycles. The first-order chi connectivity index (χ1) is 7.03. The van der Waals surface area contributed by atoms with Crippen molar-refractivity contribution in [1.29, 1.82) is 0 Å². The Morgan fingerprint density at radius 3 is 2.53 bits per heavy atom. The molecule has 0 spiro atoms. The average Bonchev–Trinajstić information content (AvgIpc) is 2.19. The van der Waals surface area contributed by atoms with E-state index >= 15 is 0 Å². The first-order valence-corrected chi connectivity index (χ1v) is 6.36. The van der Waals surface area contributed by atoms with Gasteiger partial charge in [0.2, 0.25) is 0 Å². The quantitative estimate of drug-likeness (QED) is 0.777. The summed E-state index contributed by atoms with van der Waals surface area (Å²) in [6, 6.07) is 0. The molecule has 0 amide bonds. The molecule has 0 saturated heterocycles. The minimum atomic E-state index is -0.506. The van der Waals surface area contributed by atoms with E-state index in [0.717, 1.165) is 32.1 Å². The van der Waals surface area contributed by atoms with Crippen LogP contribution in [0.1, 0.15) is 59.3 Å². The molecule has 0 aliphatic heterocycles. The first-order valence-electron chi connectivity index (χ1n) is 6.36. The minimum absolute atomic E-state index is 0.181. The number of rotatable bonds is 4. The van der Waals surface area contributed by atoms with Gasteiger partial charge in [0.05, 0.1) is 5.54 Å². The Kier molecular flexibility index (Phi) is 4.32. The fourth-order valence-corrected chi connectivity index (χ4v) is 2.88. The van der Waals surface area contributed by atoms with Gasteiger partial charge in [-0.05, 0) is 31.6 Å². The van der Waals surface area contributed by atoms with Crippen molar-refractivity contribution in [1.82, 2.24) is 0 Å². The lowest BCUT2D eigenvalue weighted by Crippen LogP contribution is -2.53. The van der Waals surface area contributed by atoms with Crippen molar-refractivity contribution in [3.63, 3.8) is 0 Å². The van der Waals surface area contributed by atoms with Crippen LogP contribution in [0.25, 0.3) is 0 Å². The minimum Gasteiger partial charge on any atom is -0.319 e. The van der Waals surface area contributed by atoms with E-state index in [2.05, 4.69) is 20.8 Å². The Labute approximate surface area is 93.6 Å². The van der Waals surface area contributed by atoms with Crippen LogP contribution >= 0.6 is 0 Å². The van der Waals surface area contributed by atoms with Crippen molar-refractivity contribution in [2.75, 3.05) is 0 Å². The molecule has 2 nitrogen and oxygen atoms in total. The highest BCUT2D eigenvalue weighted by Gasteiger charge is 2.39. The van der Waals surface area contributed by atoms with Gasteiger partial charge in [0.25, 0.3) is 0 Å². The maximum atomic E-state index is 12.3. The Morgan fingerprint density at radius 2 is 2.07 bits per heavy atom. The Hall–Kier alpha value is -0.370. The van der Waals surface area contributed by atoms with Crippen LogP contribution in [0.4, 0.5) is 0 Å². The number of ketones is 1. The molecule has 88 valence electrons. The zero-order chi connectivity index (χ0) is 11.5. The summed E-state index contributed by atoms with van der Waals surface area (Å²) < 4.78 is 0. The number of carbonyl (C=O) groups is 1. The van der Waals surface area contributed by atoms with Gasteiger partial charge in [-0.1, -0.05) is 33.6 Å². The van der Waals surface area contributed by atoms with Gasteiger partial charge in [-0.15, -0.1) is 0 Å². The second-order valence-corrected chi connectivity index (χ2v) is 5.24. The monoisotopic (exact) mass is 211 g/mol. The van der Waals surface area contributed by atoms with Crippen LogP contribution in [0.15, 0.2) is 0 Å². The third-order valence-electron chi connectivity index (χ3n) is 3.88. The Balaban J connectivity index is 2.71. The molecule has 0 radical (unpaired) electrons. The van der Waals surface area contributed by atoms with E-state index in [0.29, 0.717) is 11.7 Å². The zero-order valence-electron chi connectivity index (χ0n) is 10.4. The molecule has 0 aromatic heterocycles. The predicted molar refractivity (Wildman–Crippen MR) is 63.6 cm³/mol. The molecule has 2 unspecified atom stereocenters. The maximum absolute atomic E-state index is 12.3. The highest BCUT2D eigenvalue weighted by Crippen LogP contribution is 2.33. The third-order valence-corrected chi connectivity index (χ3v) is 3.88. The lowest BCUT2D eigenvalue weighted by Gasteiger charge is -2.37. The molecule has 2 atom stereocenters. The van der Waals surface area contributed by atoms with E-state index in [1.165, 1.54) is 6.42 Å². The van der Waals surface area contributed by atoms with Crippen LogP contribution in [0.2, 0.25) is 0 Å². The second-order valence-electron chi connectivity index (χ2n) is 5.24. The van der Waals surface area contributed by atoms with Gasteiger partial charge < -0.3 is 5.73 Å². The molecule has 0 heterocycles. The van der Waals surface area contributed by atoms with Gasteiger partial charge in [0, 0.05) is 5.92 Å². The van der Waals surface area contributed by atoms with E-state index in [-0.39, 0.29) is 5.92 Å². The smallest absolute Gasteiger partial charge is 0.155 e. The second kappa shape index (κ2) is 5.11. The van der Waals surface area contributed by atoms with Crippen molar-refractivity contribution >= 4 is 5.78 Å². The molecule has 1 fully saturated rings. The van der Waals surface area contributed by atoms with E-state index in [9.17, 15) is 4.79 Å². The van der Waals surface area contributed by atoms with Crippen molar-refractivity contribution < 1.29 is 4.79 Å². The van der Waals surface area contributed by atoms with Gasteiger partial charge in [-0.25, -0.2) is 0 Å². The molecule has 1 rings (SSSR count). The van der Waals surface area contributed by atoms with Crippen molar-refractivity contribution in [3.8, 4) is 0 Å². The molecule has 1 aliphatic carbocycles. The summed E-state index contributed by atoms with van der Waals surface area (Å²) in [5.74, 6) is 1.11. The molecular weight excluding hydrogens is 186 g/mol. The van der Waals surface area contributed by atoms with Crippen LogP contribution < -0.4 is 5.73 Å². The Bertz CT molecular complexity index is 223. The molecule has 0 bridgehead atoms. The summed E-state index contributed by atoms with van der Waals surface area (Å²) in [5, 5.41) is 0. The summed E-state index contributed by atoms with van der Waals surface area (Å²) >= 11 is 0. The standard InChI is InChI=1S/C13H25NO/c1-4-11(5-2)12(15)13(14)8-6-7-10(3)9-13/h10-11H,4-9,14H2,1-3H3. The number of carbonyl (C=O) groups excluding carboxylic acids is 1. The van der Waals surface area contributed by atoms with Crippen LogP contribution in [0.5, 0.6) is 0 Å². The maximum Gasteiger partial charge on any atom is 0.155 e. The number of hydrogen-bond donors (Lipinski definition) is 1. The molecular formula is C13H25NO. The Morgan fingerprint density at radius 1 is 1.47 bits per heavy atom. The fourth-order valence-electron chi connectivity index (χ4n) is 2.88. The number of nitrogens with two attached hydrogens (primary N) is 1. The van der Waals surface area contributed by atoms with Crippen LogP contribution in [-0.2, 0) is 4.79 Å². The van der Waals surface area contributed by atoms with Crippen LogP contribution in [0.3, 0.4) is 0 Å². The van der Waals surface area contributed by atoms with E-state index < -0.39 is 5.54 Å². The van der Waals surface area contributed by atoms with E-state index in [1.54, 1.807) is 0 Å². The van der Waals surface area contributed by atoms with Crippen molar-refractivity contribution in [2.45, 2.75) is 64.8 Å². The number of Topliss-reactive ketones (excluding diaryl/α,β-unsaturated/α-hetero) is 1. The van der Waals surface area contributed by atoms with Gasteiger partial charge in [0.1, 0.15) is 0 Å². The zero-order valence-corrected chi connectivity index (χ0v) is 10.4. The lowest BCUT2D eigenvalue weighted by atomic mass is 9.71. The largest absolute Gasteiger partial charge is 0.319 e. The summed E-state index contributed by atoms with van der Waals surface area (Å²) in [4.78, 5) is 12.3. The summed E-state index contributed by atoms with van der Waals surface area (Å²) in [6.07, 6.45) is 6.00. The molecule has 2 N–H and O–H groups in total.